The molecule has 0 saturated carbocycles. The van der Waals surface area contributed by atoms with E-state index in [-0.39, 0.29) is 127 Å². The summed E-state index contributed by atoms with van der Waals surface area (Å²) in [5.74, 6) is -11.6. The van der Waals surface area contributed by atoms with E-state index in [1.165, 1.54) is 15.8 Å². The van der Waals surface area contributed by atoms with Crippen molar-refractivity contribution in [2.24, 2.45) is 40.7 Å². The van der Waals surface area contributed by atoms with E-state index in [2.05, 4.69) is 79.1 Å². The lowest BCUT2D eigenvalue weighted by Crippen LogP contribution is -2.61. The Balaban J connectivity index is 1.13. The van der Waals surface area contributed by atoms with Crippen molar-refractivity contribution in [1.82, 2.24) is 88.7 Å². The number of carbonyl (C=O) groups excluding carboxylic acids is 13. The number of fused-ring (bicyclic) bond motifs is 3. The highest BCUT2D eigenvalue weighted by molar-refractivity contribution is 6.00. The van der Waals surface area contributed by atoms with Crippen LogP contribution in [0.2, 0.25) is 0 Å². The van der Waals surface area contributed by atoms with Crippen LogP contribution in [0.25, 0.3) is 10.9 Å². The summed E-state index contributed by atoms with van der Waals surface area (Å²) in [7, 11) is 0. The van der Waals surface area contributed by atoms with Gasteiger partial charge in [0.1, 0.15) is 66.5 Å². The van der Waals surface area contributed by atoms with E-state index in [1.807, 2.05) is 54.6 Å². The molecule has 35 heteroatoms. The summed E-state index contributed by atoms with van der Waals surface area (Å²) in [6.07, 6.45) is 5.03. The van der Waals surface area contributed by atoms with Gasteiger partial charge in [-0.1, -0.05) is 162 Å². The SMILES string of the molecule is CC[C@H](C)[C@@H]1NC(=O)[C@H](CCCNC(=N)N)NC(=O)CNC(=O)[C@@H](CC(C)C)NC(=O)[C@H](Cc2ccccc2)NC(=O)[C@H](CCCCN)NC(=O)[C@@H](NC(=O)[C@H](Cc2ccccc2)NC(=O)[C@H](Cc2c[nH]c3ccccc23)NC(=O)[C@@H]2CCCN2C(=O)[C@@H](NC(=O)[C@@H](N)Cc2ccccc2)C(C)C)Cc2cn(nn2)CCCC[C@@H](C(N)=O)NC1=O. The lowest BCUT2D eigenvalue weighted by atomic mass is 9.96. The minimum Gasteiger partial charge on any atom is -0.370 e. The number of nitrogens with one attached hydrogen (secondary N) is 14. The Bertz CT molecular complexity index is 4450. The number of H-pyrrole nitrogens is 1. The number of aromatic nitrogens is 4. The van der Waals surface area contributed by atoms with Crippen molar-refractivity contribution < 1.29 is 62.3 Å². The average molecular weight is 1660 g/mol. The second-order valence-corrected chi connectivity index (χ2v) is 31.8. The Hall–Kier alpha value is -12.1. The lowest BCUT2D eigenvalue weighted by Gasteiger charge is -2.32. The zero-order valence-corrected chi connectivity index (χ0v) is 69.2. The number of primary amides is 1. The zero-order valence-electron chi connectivity index (χ0n) is 69.2. The first kappa shape index (κ1) is 93.4. The van der Waals surface area contributed by atoms with E-state index in [0.717, 1.165) is 16.5 Å². The molecule has 13 atom stereocenters. The van der Waals surface area contributed by atoms with Crippen molar-refractivity contribution in [2.75, 3.05) is 26.2 Å². The molecule has 0 aliphatic carbocycles. The highest BCUT2D eigenvalue weighted by atomic mass is 16.2. The number of amides is 13. The van der Waals surface area contributed by atoms with Gasteiger partial charge in [0, 0.05) is 68.6 Å². The maximum atomic E-state index is 15.6. The van der Waals surface area contributed by atoms with Crippen LogP contribution >= 0.6 is 0 Å². The maximum Gasteiger partial charge on any atom is 0.246 e. The van der Waals surface area contributed by atoms with E-state index in [1.54, 1.807) is 108 Å². The van der Waals surface area contributed by atoms with Gasteiger partial charge in [-0.2, -0.15) is 0 Å². The van der Waals surface area contributed by atoms with Gasteiger partial charge >= 0.3 is 0 Å². The normalized spacial score (nSPS) is 21.0. The summed E-state index contributed by atoms with van der Waals surface area (Å²) < 4.78 is 1.46. The van der Waals surface area contributed by atoms with Crippen LogP contribution in [0.15, 0.2) is 128 Å². The number of rotatable bonds is 31. The number of carbonyl (C=O) groups is 13. The first-order valence-electron chi connectivity index (χ1n) is 41.5. The van der Waals surface area contributed by atoms with E-state index >= 15 is 24.0 Å². The summed E-state index contributed by atoms with van der Waals surface area (Å²) in [4.78, 5) is 195. The molecule has 1 saturated heterocycles. The molecule has 120 heavy (non-hydrogen) atoms. The third kappa shape index (κ3) is 28.9. The smallest absolute Gasteiger partial charge is 0.246 e. The molecule has 13 amide bonds. The molecule has 0 spiro atoms. The molecule has 4 aromatic carbocycles. The van der Waals surface area contributed by atoms with Crippen LogP contribution in [0.3, 0.4) is 0 Å². The Morgan fingerprint density at radius 3 is 1.88 bits per heavy atom. The summed E-state index contributed by atoms with van der Waals surface area (Å²) in [5, 5.41) is 50.5. The molecule has 4 heterocycles. The predicted molar refractivity (Wildman–Crippen MR) is 450 cm³/mol. The number of nitrogens with zero attached hydrogens (tertiary/aromatic N) is 4. The Kier molecular flexibility index (Phi) is 36.5. The van der Waals surface area contributed by atoms with Gasteiger partial charge in [-0.25, -0.2) is 0 Å². The molecule has 1 fully saturated rings. The Morgan fingerprint density at radius 1 is 0.608 bits per heavy atom. The minimum absolute atomic E-state index is 0.0304. The molecule has 6 aromatic rings. The van der Waals surface area contributed by atoms with Gasteiger partial charge < -0.3 is 96.6 Å². The number of unbranched alkanes of at least 4 members (excludes halogenated alkanes) is 1. The Morgan fingerprint density at radius 2 is 1.23 bits per heavy atom. The van der Waals surface area contributed by atoms with Gasteiger partial charge in [-0.3, -0.25) is 72.4 Å². The van der Waals surface area contributed by atoms with Gasteiger partial charge in [0.2, 0.25) is 76.8 Å². The average Bonchev–Trinajstić information content (AvgIpc) is 1.62. The molecular weight excluding hydrogens is 1540 g/mol. The third-order valence-corrected chi connectivity index (χ3v) is 21.5. The summed E-state index contributed by atoms with van der Waals surface area (Å²) in [6.45, 7) is 10.6. The number of hydrogen-bond acceptors (Lipinski definition) is 18. The van der Waals surface area contributed by atoms with Gasteiger partial charge in [0.25, 0.3) is 0 Å². The second-order valence-electron chi connectivity index (χ2n) is 31.8. The molecule has 2 aliphatic rings. The van der Waals surface area contributed by atoms with Crippen LogP contribution in [-0.4, -0.2) is 206 Å². The monoisotopic (exact) mass is 1660 g/mol. The summed E-state index contributed by atoms with van der Waals surface area (Å²) in [6, 6.07) is 18.2. The topological polar surface area (TPSA) is 544 Å². The summed E-state index contributed by atoms with van der Waals surface area (Å²) >= 11 is 0. The fourth-order valence-corrected chi connectivity index (χ4v) is 14.6. The number of para-hydroxylation sites is 1. The number of likely N-dealkylation sites (tertiary alicyclic amines) is 1. The number of benzene rings is 4. The number of hydrogen-bond donors (Lipinski definition) is 18. The number of guanidine groups is 1. The number of nitrogens with two attached hydrogens (primary N) is 4. The van der Waals surface area contributed by atoms with Gasteiger partial charge in [-0.05, 0) is 130 Å². The molecule has 2 bridgehead atoms. The highest BCUT2D eigenvalue weighted by Gasteiger charge is 2.42. The Labute approximate surface area is 699 Å². The fraction of sp³-hybridized carbons (Fsp3) is 0.506. The van der Waals surface area contributed by atoms with Crippen molar-refractivity contribution in [2.45, 2.75) is 230 Å². The number of aromatic amines is 1. The molecular formula is C85H120N22O13. The largest absolute Gasteiger partial charge is 0.370 e. The van der Waals surface area contributed by atoms with E-state index in [4.69, 9.17) is 28.3 Å². The van der Waals surface area contributed by atoms with Crippen molar-refractivity contribution in [1.29, 1.82) is 5.41 Å². The second kappa shape index (κ2) is 46.9. The standard InChI is InChI=1S/C85H120N22O13/c1-7-52(6)72-83(119)95-61(73(88)109)33-20-22-39-106-49-57(104-105-106)46-68(81(117)96-63(34-19-21-37-86)76(112)98-65(43-54-27-13-9-14-28-54)78(114)97-64(41-50(2)3)75(111)93-48-70(108)94-62(77(113)103-72)35-23-38-91-85(89)90)100-79(115)66(44-55-29-15-10-16-30-55)99-80(116)67(45-56-47-92-60-32-18-17-31-58(56)60)101-82(118)69-36-24-40-107(69)84(120)71(51(4)5)102-74(110)59(87)42-53-25-11-8-12-26-53/h8-18,25-32,47,49-52,59,61-69,71-72,92H,7,19-24,33-46,48,86-87H2,1-6H3,(H2,88,109)(H,93,111)(H,94,108)(H,95,119)(H,96,117)(H,97,114)(H,98,112)(H,99,116)(H,100,115)(H,101,118)(H,102,110)(H,103,113)(H4,89,90,91)/t52-,59-,61-,62-,63-,64+,65-,66-,67-,68-,69-,71-,72-/m0/s1. The maximum absolute atomic E-state index is 15.6. The minimum atomic E-state index is -1.62. The molecule has 2 aliphatic heterocycles. The summed E-state index contributed by atoms with van der Waals surface area (Å²) in [5.41, 5.74) is 27.3. The van der Waals surface area contributed by atoms with Crippen molar-refractivity contribution in [3.05, 3.63) is 156 Å². The molecule has 22 N–H and O–H groups in total. The molecule has 0 unspecified atom stereocenters. The first-order valence-corrected chi connectivity index (χ1v) is 41.5. The van der Waals surface area contributed by atoms with Crippen LogP contribution < -0.4 is 86.7 Å². The van der Waals surface area contributed by atoms with Crippen molar-refractivity contribution in [3.63, 3.8) is 0 Å². The molecule has 648 valence electrons. The van der Waals surface area contributed by atoms with Crippen LogP contribution in [0.5, 0.6) is 0 Å². The molecule has 8 rings (SSSR count). The van der Waals surface area contributed by atoms with E-state index < -0.39 is 168 Å². The van der Waals surface area contributed by atoms with Gasteiger partial charge in [0.15, 0.2) is 5.96 Å². The molecule has 2 aromatic heterocycles. The molecule has 35 nitrogen and oxygen atoms in total. The zero-order chi connectivity index (χ0) is 87.0. The van der Waals surface area contributed by atoms with Crippen molar-refractivity contribution >= 4 is 93.7 Å². The van der Waals surface area contributed by atoms with E-state index in [0.29, 0.717) is 42.4 Å². The lowest BCUT2D eigenvalue weighted by molar-refractivity contribution is -0.143. The molecule has 0 radical (unpaired) electrons. The van der Waals surface area contributed by atoms with Gasteiger partial charge in [-0.15, -0.1) is 5.10 Å². The van der Waals surface area contributed by atoms with Crippen molar-refractivity contribution in [3.8, 4) is 0 Å². The van der Waals surface area contributed by atoms with E-state index in [9.17, 15) is 38.4 Å². The third-order valence-electron chi connectivity index (χ3n) is 21.5. The van der Waals surface area contributed by atoms with Crippen LogP contribution in [0.1, 0.15) is 147 Å². The van der Waals surface area contributed by atoms with Gasteiger partial charge in [0.05, 0.1) is 18.3 Å². The van der Waals surface area contributed by atoms with Crippen LogP contribution in [-0.2, 0) is 101 Å². The highest BCUT2D eigenvalue weighted by Crippen LogP contribution is 2.25. The first-order chi connectivity index (χ1) is 57.5. The van der Waals surface area contributed by atoms with Crippen LogP contribution in [0.4, 0.5) is 0 Å². The predicted octanol–water partition coefficient (Wildman–Crippen LogP) is 0.365. The van der Waals surface area contributed by atoms with Crippen LogP contribution in [0, 0.1) is 23.2 Å². The quantitative estimate of drug-likeness (QED) is 0.0159. The fourth-order valence-electron chi connectivity index (χ4n) is 14.6. The number of aryl methyl sites for hydroxylation is 1.